The normalized spacial score (nSPS) is 16.4. The second kappa shape index (κ2) is 7.80. The lowest BCUT2D eigenvalue weighted by Crippen LogP contribution is -2.28. The summed E-state index contributed by atoms with van der Waals surface area (Å²) in [5.41, 5.74) is 0.489. The number of nitrogens with one attached hydrogen (secondary N) is 1. The average molecular weight is 366 g/mol. The lowest BCUT2D eigenvalue weighted by Gasteiger charge is -2.23. The molecule has 1 aliphatic heterocycles. The Hall–Kier alpha value is -1.86. The maximum atomic E-state index is 13.0. The number of aromatic nitrogens is 2. The lowest BCUT2D eigenvalue weighted by atomic mass is 9.97. The first kappa shape index (κ1) is 18.9. The zero-order valence-corrected chi connectivity index (χ0v) is 15.2. The zero-order valence-electron chi connectivity index (χ0n) is 15.2. The number of halogens is 3. The van der Waals surface area contributed by atoms with Gasteiger partial charge in [0.15, 0.2) is 0 Å². The summed E-state index contributed by atoms with van der Waals surface area (Å²) in [4.78, 5) is 6.85. The van der Waals surface area contributed by atoms with Gasteiger partial charge in [0, 0.05) is 30.8 Å². The topological polar surface area (TPSA) is 33.1 Å². The molecule has 3 rings (SSSR count). The van der Waals surface area contributed by atoms with Gasteiger partial charge >= 0.3 is 6.18 Å². The minimum absolute atomic E-state index is 0.345. The van der Waals surface area contributed by atoms with E-state index < -0.39 is 11.7 Å². The first-order valence-electron chi connectivity index (χ1n) is 8.95. The monoisotopic (exact) mass is 366 g/mol. The lowest BCUT2D eigenvalue weighted by molar-refractivity contribution is -0.137. The van der Waals surface area contributed by atoms with Crippen LogP contribution in [-0.4, -0.2) is 48.2 Å². The van der Waals surface area contributed by atoms with Gasteiger partial charge in [-0.25, -0.2) is 4.98 Å². The fourth-order valence-corrected chi connectivity index (χ4v) is 3.32. The van der Waals surface area contributed by atoms with Gasteiger partial charge in [0.05, 0.1) is 11.3 Å². The Morgan fingerprint density at radius 3 is 2.62 bits per heavy atom. The van der Waals surface area contributed by atoms with Gasteiger partial charge in [0.2, 0.25) is 0 Å². The molecule has 0 bridgehead atoms. The van der Waals surface area contributed by atoms with Crippen LogP contribution in [-0.2, 0) is 12.7 Å². The van der Waals surface area contributed by atoms with Crippen molar-refractivity contribution in [2.24, 2.45) is 0 Å². The summed E-state index contributed by atoms with van der Waals surface area (Å²) in [5, 5.41) is 3.35. The van der Waals surface area contributed by atoms with Crippen molar-refractivity contribution < 1.29 is 13.2 Å². The first-order chi connectivity index (χ1) is 12.3. The number of alkyl halides is 3. The van der Waals surface area contributed by atoms with Crippen molar-refractivity contribution in [2.45, 2.75) is 31.5 Å². The molecule has 1 aliphatic rings. The van der Waals surface area contributed by atoms with Crippen LogP contribution in [0.1, 0.15) is 30.1 Å². The molecule has 7 heteroatoms. The zero-order chi connectivity index (χ0) is 18.7. The number of benzene rings is 1. The van der Waals surface area contributed by atoms with Crippen molar-refractivity contribution in [3.8, 4) is 11.3 Å². The van der Waals surface area contributed by atoms with E-state index in [0.717, 1.165) is 50.9 Å². The quantitative estimate of drug-likeness (QED) is 0.878. The van der Waals surface area contributed by atoms with Crippen molar-refractivity contribution in [1.29, 1.82) is 0 Å². The minimum atomic E-state index is -4.35. The van der Waals surface area contributed by atoms with Crippen LogP contribution in [0.3, 0.4) is 0 Å². The fraction of sp³-hybridized carbons (Fsp3) is 0.526. The molecule has 142 valence electrons. The number of rotatable bonds is 5. The van der Waals surface area contributed by atoms with E-state index in [9.17, 15) is 13.2 Å². The number of hydrogen-bond acceptors (Lipinski definition) is 3. The standard InChI is InChI=1S/C19H25F3N4/c1-25(2)10-11-26-13-17(24-18(26)14-6-8-23-9-7-14)15-4-3-5-16(12-15)19(20,21)22/h3-5,12-14,23H,6-11H2,1-2H3. The third kappa shape index (κ3) is 4.45. The van der Waals surface area contributed by atoms with Crippen LogP contribution < -0.4 is 5.32 Å². The molecule has 1 saturated heterocycles. The molecule has 1 N–H and O–H groups in total. The highest BCUT2D eigenvalue weighted by molar-refractivity contribution is 5.60. The second-order valence-corrected chi connectivity index (χ2v) is 7.08. The molecule has 0 aliphatic carbocycles. The predicted octanol–water partition coefficient (Wildman–Crippen LogP) is 3.60. The van der Waals surface area contributed by atoms with Crippen LogP contribution in [0.25, 0.3) is 11.3 Å². The van der Waals surface area contributed by atoms with Crippen molar-refractivity contribution in [3.05, 3.63) is 41.9 Å². The SMILES string of the molecule is CN(C)CCn1cc(-c2cccc(C(F)(F)F)c2)nc1C1CCNCC1. The van der Waals surface area contributed by atoms with Gasteiger partial charge in [0.1, 0.15) is 5.82 Å². The summed E-state index contributed by atoms with van der Waals surface area (Å²) in [6.45, 7) is 3.53. The van der Waals surface area contributed by atoms with E-state index in [1.165, 1.54) is 12.1 Å². The van der Waals surface area contributed by atoms with Crippen LogP contribution in [0.5, 0.6) is 0 Å². The Labute approximate surface area is 152 Å². The average Bonchev–Trinajstić information content (AvgIpc) is 3.04. The number of piperidine rings is 1. The van der Waals surface area contributed by atoms with Gasteiger partial charge in [-0.05, 0) is 52.2 Å². The molecule has 26 heavy (non-hydrogen) atoms. The van der Waals surface area contributed by atoms with Crippen molar-refractivity contribution in [2.75, 3.05) is 33.7 Å². The highest BCUT2D eigenvalue weighted by Gasteiger charge is 2.31. The largest absolute Gasteiger partial charge is 0.416 e. The number of nitrogens with zero attached hydrogens (tertiary/aromatic N) is 3. The Bertz CT molecular complexity index is 731. The summed E-state index contributed by atoms with van der Waals surface area (Å²) in [7, 11) is 4.02. The maximum Gasteiger partial charge on any atom is 0.416 e. The fourth-order valence-electron chi connectivity index (χ4n) is 3.32. The van der Waals surface area contributed by atoms with E-state index in [-0.39, 0.29) is 0 Å². The molecule has 1 fully saturated rings. The maximum absolute atomic E-state index is 13.0. The van der Waals surface area contributed by atoms with Crippen LogP contribution in [0.15, 0.2) is 30.5 Å². The summed E-state index contributed by atoms with van der Waals surface area (Å²) in [5.74, 6) is 1.33. The molecule has 0 atom stereocenters. The van der Waals surface area contributed by atoms with Crippen LogP contribution in [0, 0.1) is 0 Å². The molecule has 0 saturated carbocycles. The molecule has 0 amide bonds. The van der Waals surface area contributed by atoms with Gasteiger partial charge < -0.3 is 14.8 Å². The van der Waals surface area contributed by atoms with Crippen LogP contribution in [0.4, 0.5) is 13.2 Å². The summed E-state index contributed by atoms with van der Waals surface area (Å²) in [6, 6.07) is 5.42. The van der Waals surface area contributed by atoms with Gasteiger partial charge in [-0.1, -0.05) is 12.1 Å². The highest BCUT2D eigenvalue weighted by atomic mass is 19.4. The van der Waals surface area contributed by atoms with Crippen molar-refractivity contribution in [1.82, 2.24) is 19.8 Å². The Morgan fingerprint density at radius 2 is 1.96 bits per heavy atom. The molecule has 2 aromatic rings. The Kier molecular flexibility index (Phi) is 5.67. The molecule has 0 spiro atoms. The van der Waals surface area contributed by atoms with Crippen LogP contribution >= 0.6 is 0 Å². The molecule has 2 heterocycles. The minimum Gasteiger partial charge on any atom is -0.333 e. The number of imidazole rings is 1. The van der Waals surface area contributed by atoms with Gasteiger partial charge in [-0.15, -0.1) is 0 Å². The van der Waals surface area contributed by atoms with E-state index in [1.54, 1.807) is 6.07 Å². The first-order valence-corrected chi connectivity index (χ1v) is 8.95. The molecule has 0 unspecified atom stereocenters. The highest BCUT2D eigenvalue weighted by Crippen LogP contribution is 2.33. The summed E-state index contributed by atoms with van der Waals surface area (Å²) < 4.78 is 41.2. The van der Waals surface area contributed by atoms with E-state index in [4.69, 9.17) is 4.98 Å². The number of likely N-dealkylation sites (N-methyl/N-ethyl adjacent to an activating group) is 1. The molecule has 4 nitrogen and oxygen atoms in total. The molecular formula is C19H25F3N4. The molecular weight excluding hydrogens is 341 g/mol. The van der Waals surface area contributed by atoms with Gasteiger partial charge in [0.25, 0.3) is 0 Å². The third-order valence-corrected chi connectivity index (χ3v) is 4.79. The van der Waals surface area contributed by atoms with Crippen molar-refractivity contribution in [3.63, 3.8) is 0 Å². The van der Waals surface area contributed by atoms with Crippen molar-refractivity contribution >= 4 is 0 Å². The van der Waals surface area contributed by atoms with E-state index >= 15 is 0 Å². The molecule has 1 aromatic heterocycles. The Balaban J connectivity index is 1.94. The van der Waals surface area contributed by atoms with Gasteiger partial charge in [-0.3, -0.25) is 0 Å². The van der Waals surface area contributed by atoms with E-state index in [0.29, 0.717) is 17.2 Å². The summed E-state index contributed by atoms with van der Waals surface area (Å²) in [6.07, 6.45) is -0.445. The van der Waals surface area contributed by atoms with Gasteiger partial charge in [-0.2, -0.15) is 13.2 Å². The van der Waals surface area contributed by atoms with Crippen LogP contribution in [0.2, 0.25) is 0 Å². The molecule has 0 radical (unpaired) electrons. The molecule has 1 aromatic carbocycles. The third-order valence-electron chi connectivity index (χ3n) is 4.79. The smallest absolute Gasteiger partial charge is 0.333 e. The van der Waals surface area contributed by atoms with E-state index in [2.05, 4.69) is 14.8 Å². The predicted molar refractivity (Wildman–Crippen MR) is 96.1 cm³/mol. The Morgan fingerprint density at radius 1 is 1.23 bits per heavy atom. The van der Waals surface area contributed by atoms with E-state index in [1.807, 2.05) is 20.3 Å². The number of hydrogen-bond donors (Lipinski definition) is 1. The second-order valence-electron chi connectivity index (χ2n) is 7.08. The summed E-state index contributed by atoms with van der Waals surface area (Å²) >= 11 is 0.